The number of hydrogen-bond acceptors (Lipinski definition) is 2. The zero-order valence-corrected chi connectivity index (χ0v) is 9.18. The Morgan fingerprint density at radius 3 is 2.58 bits per heavy atom. The van der Waals surface area contributed by atoms with Crippen LogP contribution in [0.1, 0.15) is 17.3 Å². The molecule has 0 atom stereocenters. The number of hydrogen-bond donors (Lipinski definition) is 1. The molecule has 0 radical (unpaired) electrons. The summed E-state index contributed by atoms with van der Waals surface area (Å²) in [5.74, 6) is -0.192. The van der Waals surface area contributed by atoms with Gasteiger partial charge in [0.2, 0.25) is 0 Å². The maximum absolute atomic E-state index is 11.0. The largest absolute Gasteiger partial charge is 0.506 e. The molecule has 64 valence electrons. The van der Waals surface area contributed by atoms with Crippen molar-refractivity contribution in [3.05, 3.63) is 26.3 Å². The van der Waals surface area contributed by atoms with Crippen molar-refractivity contribution in [2.24, 2.45) is 0 Å². The fraction of sp³-hybridized carbons (Fsp3) is 0.125. The lowest BCUT2D eigenvalue weighted by atomic mass is 10.1. The van der Waals surface area contributed by atoms with Crippen LogP contribution >= 0.6 is 34.2 Å². The molecule has 0 saturated carbocycles. The van der Waals surface area contributed by atoms with E-state index in [9.17, 15) is 9.90 Å². The fourth-order valence-corrected chi connectivity index (χ4v) is 2.15. The van der Waals surface area contributed by atoms with E-state index < -0.39 is 0 Å². The predicted octanol–water partition coefficient (Wildman–Crippen LogP) is 2.85. The summed E-state index contributed by atoms with van der Waals surface area (Å²) in [6.45, 7) is 1.42. The minimum absolute atomic E-state index is 0.0534. The Kier molecular flexibility index (Phi) is 2.95. The Morgan fingerprint density at radius 1 is 1.58 bits per heavy atom. The summed E-state index contributed by atoms with van der Waals surface area (Å²) >= 11 is 7.72. The molecule has 0 fully saturated rings. The number of halogens is 2. The number of carbonyl (C=O) groups excluding carboxylic acids is 1. The van der Waals surface area contributed by atoms with Crippen molar-refractivity contribution in [3.8, 4) is 5.75 Å². The molecule has 0 amide bonds. The van der Waals surface area contributed by atoms with E-state index in [1.807, 2.05) is 22.6 Å². The number of phenols is 1. The smallest absolute Gasteiger partial charge is 0.162 e. The fourth-order valence-electron chi connectivity index (χ4n) is 0.864. The lowest BCUT2D eigenvalue weighted by Crippen LogP contribution is -1.97. The SMILES string of the molecule is CC(=O)c1c(I)ccc(O)c1Cl. The van der Waals surface area contributed by atoms with E-state index in [1.54, 1.807) is 6.07 Å². The van der Waals surface area contributed by atoms with Crippen molar-refractivity contribution >= 4 is 40.0 Å². The highest BCUT2D eigenvalue weighted by molar-refractivity contribution is 14.1. The Balaban J connectivity index is 3.43. The van der Waals surface area contributed by atoms with Crippen LogP contribution in [0, 0.1) is 3.57 Å². The summed E-state index contributed by atoms with van der Waals surface area (Å²) < 4.78 is 0.753. The van der Waals surface area contributed by atoms with Gasteiger partial charge in [-0.05, 0) is 41.6 Å². The first-order valence-electron chi connectivity index (χ1n) is 3.22. The normalized spacial score (nSPS) is 9.92. The number of carbonyl (C=O) groups is 1. The van der Waals surface area contributed by atoms with Gasteiger partial charge >= 0.3 is 0 Å². The summed E-state index contributed by atoms with van der Waals surface area (Å²) in [7, 11) is 0. The number of phenolic OH excluding ortho intramolecular Hbond substituents is 1. The van der Waals surface area contributed by atoms with E-state index in [1.165, 1.54) is 13.0 Å². The second-order valence-electron chi connectivity index (χ2n) is 2.31. The van der Waals surface area contributed by atoms with Crippen LogP contribution in [-0.2, 0) is 0 Å². The second-order valence-corrected chi connectivity index (χ2v) is 3.85. The van der Waals surface area contributed by atoms with Crippen molar-refractivity contribution in [2.45, 2.75) is 6.92 Å². The highest BCUT2D eigenvalue weighted by Crippen LogP contribution is 2.30. The summed E-state index contributed by atoms with van der Waals surface area (Å²) in [4.78, 5) is 11.0. The number of rotatable bonds is 1. The minimum atomic E-state index is -0.139. The first-order chi connectivity index (χ1) is 5.54. The molecule has 0 bridgehead atoms. The van der Waals surface area contributed by atoms with E-state index >= 15 is 0 Å². The van der Waals surface area contributed by atoms with Crippen LogP contribution < -0.4 is 0 Å². The van der Waals surface area contributed by atoms with Crippen molar-refractivity contribution < 1.29 is 9.90 Å². The number of benzene rings is 1. The van der Waals surface area contributed by atoms with Crippen LogP contribution in [-0.4, -0.2) is 10.9 Å². The van der Waals surface area contributed by atoms with E-state index in [4.69, 9.17) is 11.6 Å². The van der Waals surface area contributed by atoms with Gasteiger partial charge in [-0.1, -0.05) is 11.6 Å². The second kappa shape index (κ2) is 3.62. The van der Waals surface area contributed by atoms with Crippen LogP contribution in [0.15, 0.2) is 12.1 Å². The maximum Gasteiger partial charge on any atom is 0.162 e. The van der Waals surface area contributed by atoms with Crippen molar-refractivity contribution in [3.63, 3.8) is 0 Å². The molecule has 0 unspecified atom stereocenters. The molecule has 0 spiro atoms. The average Bonchev–Trinajstić information content (AvgIpc) is 1.97. The molecule has 1 rings (SSSR count). The topological polar surface area (TPSA) is 37.3 Å². The molecular formula is C8H6ClIO2. The van der Waals surface area contributed by atoms with Gasteiger partial charge in [0.1, 0.15) is 5.75 Å². The summed E-state index contributed by atoms with van der Waals surface area (Å²) in [5, 5.41) is 9.32. The number of ketones is 1. The lowest BCUT2D eigenvalue weighted by Gasteiger charge is -2.04. The van der Waals surface area contributed by atoms with Crippen molar-refractivity contribution in [1.82, 2.24) is 0 Å². The lowest BCUT2D eigenvalue weighted by molar-refractivity contribution is 0.101. The van der Waals surface area contributed by atoms with Crippen molar-refractivity contribution in [1.29, 1.82) is 0 Å². The van der Waals surface area contributed by atoms with Crippen LogP contribution in [0.4, 0.5) is 0 Å². The van der Waals surface area contributed by atoms with E-state index in [-0.39, 0.29) is 16.6 Å². The molecule has 1 aromatic carbocycles. The summed E-state index contributed by atoms with van der Waals surface area (Å²) in [6.07, 6.45) is 0. The molecule has 0 saturated heterocycles. The molecule has 0 heterocycles. The third kappa shape index (κ3) is 1.72. The van der Waals surface area contributed by atoms with Gasteiger partial charge < -0.3 is 5.11 Å². The third-order valence-electron chi connectivity index (χ3n) is 1.42. The monoisotopic (exact) mass is 296 g/mol. The zero-order valence-electron chi connectivity index (χ0n) is 6.27. The van der Waals surface area contributed by atoms with Gasteiger partial charge in [-0.15, -0.1) is 0 Å². The Hall–Kier alpha value is -0.290. The van der Waals surface area contributed by atoms with Gasteiger partial charge in [-0.3, -0.25) is 4.79 Å². The van der Waals surface area contributed by atoms with Crippen LogP contribution in [0.5, 0.6) is 5.75 Å². The molecular weight excluding hydrogens is 290 g/mol. The molecule has 2 nitrogen and oxygen atoms in total. The Bertz CT molecular complexity index is 336. The standard InChI is InChI=1S/C8H6ClIO2/c1-4(11)7-5(10)2-3-6(12)8(7)9/h2-3,12H,1H3. The Morgan fingerprint density at radius 2 is 2.17 bits per heavy atom. The van der Waals surface area contributed by atoms with Gasteiger partial charge in [0, 0.05) is 3.57 Å². The zero-order chi connectivity index (χ0) is 9.30. The van der Waals surface area contributed by atoms with Crippen LogP contribution in [0.25, 0.3) is 0 Å². The highest BCUT2D eigenvalue weighted by atomic mass is 127. The Labute approximate surface area is 88.7 Å². The molecule has 0 aliphatic rings. The highest BCUT2D eigenvalue weighted by Gasteiger charge is 2.12. The third-order valence-corrected chi connectivity index (χ3v) is 2.70. The number of aromatic hydroxyl groups is 1. The first-order valence-corrected chi connectivity index (χ1v) is 4.67. The molecule has 1 aromatic rings. The van der Waals surface area contributed by atoms with E-state index in [2.05, 4.69) is 0 Å². The van der Waals surface area contributed by atoms with Crippen molar-refractivity contribution in [2.75, 3.05) is 0 Å². The van der Waals surface area contributed by atoms with Crippen LogP contribution in [0.2, 0.25) is 5.02 Å². The summed E-state index contributed by atoms with van der Waals surface area (Å²) in [5.41, 5.74) is 0.386. The van der Waals surface area contributed by atoms with Gasteiger partial charge in [-0.2, -0.15) is 0 Å². The van der Waals surface area contributed by atoms with Gasteiger partial charge in [-0.25, -0.2) is 0 Å². The molecule has 12 heavy (non-hydrogen) atoms. The molecule has 0 aliphatic carbocycles. The maximum atomic E-state index is 11.0. The number of Topliss-reactive ketones (excluding diaryl/α,β-unsaturated/α-hetero) is 1. The molecule has 1 N–H and O–H groups in total. The first kappa shape index (κ1) is 9.80. The van der Waals surface area contributed by atoms with Gasteiger partial charge in [0.05, 0.1) is 10.6 Å². The van der Waals surface area contributed by atoms with E-state index in [0.717, 1.165) is 3.57 Å². The molecule has 4 heteroatoms. The average molecular weight is 296 g/mol. The quantitative estimate of drug-likeness (QED) is 0.639. The van der Waals surface area contributed by atoms with Gasteiger partial charge in [0.15, 0.2) is 5.78 Å². The molecule has 0 aromatic heterocycles. The molecule has 0 aliphatic heterocycles. The van der Waals surface area contributed by atoms with Crippen LogP contribution in [0.3, 0.4) is 0 Å². The van der Waals surface area contributed by atoms with E-state index in [0.29, 0.717) is 5.56 Å². The van der Waals surface area contributed by atoms with Gasteiger partial charge in [0.25, 0.3) is 0 Å². The minimum Gasteiger partial charge on any atom is -0.506 e. The predicted molar refractivity (Wildman–Crippen MR) is 55.8 cm³/mol. The summed E-state index contributed by atoms with van der Waals surface area (Å²) in [6, 6.07) is 3.12.